The van der Waals surface area contributed by atoms with E-state index < -0.39 is 0 Å². The van der Waals surface area contributed by atoms with Crippen LogP contribution in [0.2, 0.25) is 0 Å². The molecule has 3 nitrogen and oxygen atoms in total. The third-order valence-electron chi connectivity index (χ3n) is 4.99. The van der Waals surface area contributed by atoms with Crippen molar-refractivity contribution in [3.05, 3.63) is 41.2 Å². The maximum absolute atomic E-state index is 12.6. The second-order valence-corrected chi connectivity index (χ2v) is 6.44. The van der Waals surface area contributed by atoms with Crippen LogP contribution in [-0.4, -0.2) is 18.6 Å². The number of carbonyl (C=O) groups is 1. The average molecular weight is 285 g/mol. The van der Waals surface area contributed by atoms with Crippen molar-refractivity contribution in [2.75, 3.05) is 7.11 Å². The Morgan fingerprint density at radius 3 is 2.52 bits per heavy atom. The molecular formula is C18H23NO2. The van der Waals surface area contributed by atoms with Gasteiger partial charge < -0.3 is 10.1 Å². The van der Waals surface area contributed by atoms with Gasteiger partial charge in [0, 0.05) is 0 Å². The lowest BCUT2D eigenvalue weighted by atomic mass is 9.76. The summed E-state index contributed by atoms with van der Waals surface area (Å²) in [7, 11) is 1.69. The van der Waals surface area contributed by atoms with Crippen LogP contribution < -0.4 is 5.32 Å². The molecule has 2 aliphatic rings. The van der Waals surface area contributed by atoms with E-state index in [2.05, 4.69) is 12.2 Å². The number of hydrogen-bond acceptors (Lipinski definition) is 2. The van der Waals surface area contributed by atoms with Crippen LogP contribution in [0.1, 0.15) is 43.7 Å². The van der Waals surface area contributed by atoms with Crippen LogP contribution in [0.3, 0.4) is 0 Å². The van der Waals surface area contributed by atoms with Gasteiger partial charge >= 0.3 is 0 Å². The smallest absolute Gasteiger partial charge is 0.256 e. The second-order valence-electron chi connectivity index (χ2n) is 6.44. The summed E-state index contributed by atoms with van der Waals surface area (Å²) in [6, 6.07) is 8.02. The van der Waals surface area contributed by atoms with Gasteiger partial charge in [-0.05, 0) is 49.7 Å². The highest BCUT2D eigenvalue weighted by atomic mass is 16.5. The third-order valence-corrected chi connectivity index (χ3v) is 4.99. The predicted octanol–water partition coefficient (Wildman–Crippen LogP) is 3.43. The summed E-state index contributed by atoms with van der Waals surface area (Å²) in [6.07, 6.45) is 4.21. The molecule has 1 aliphatic heterocycles. The van der Waals surface area contributed by atoms with E-state index in [0.29, 0.717) is 0 Å². The molecule has 0 unspecified atom stereocenters. The van der Waals surface area contributed by atoms with Crippen molar-refractivity contribution < 1.29 is 9.53 Å². The first-order valence-electron chi connectivity index (χ1n) is 7.74. The summed E-state index contributed by atoms with van der Waals surface area (Å²) < 4.78 is 5.73. The van der Waals surface area contributed by atoms with Gasteiger partial charge in [-0.1, -0.05) is 31.2 Å². The van der Waals surface area contributed by atoms with E-state index in [1.54, 1.807) is 7.11 Å². The molecule has 3 heteroatoms. The summed E-state index contributed by atoms with van der Waals surface area (Å²) in [4.78, 5) is 12.6. The molecule has 21 heavy (non-hydrogen) atoms. The van der Waals surface area contributed by atoms with Gasteiger partial charge in [0.05, 0.1) is 18.2 Å². The van der Waals surface area contributed by atoms with Crippen LogP contribution in [0.4, 0.5) is 0 Å². The van der Waals surface area contributed by atoms with E-state index in [1.807, 2.05) is 31.2 Å². The SMILES string of the molecule is COC1=C(c2ccccc2C)C(=O)NC12CCC(C)CC2. The fourth-order valence-corrected chi connectivity index (χ4v) is 3.68. The van der Waals surface area contributed by atoms with Gasteiger partial charge in [0.2, 0.25) is 0 Å². The van der Waals surface area contributed by atoms with Gasteiger partial charge in [0.25, 0.3) is 5.91 Å². The molecule has 1 heterocycles. The highest BCUT2D eigenvalue weighted by Gasteiger charge is 2.48. The summed E-state index contributed by atoms with van der Waals surface area (Å²) in [6.45, 7) is 4.32. The molecule has 1 amide bonds. The Hall–Kier alpha value is -1.77. The van der Waals surface area contributed by atoms with Gasteiger partial charge in [-0.25, -0.2) is 0 Å². The van der Waals surface area contributed by atoms with Crippen LogP contribution >= 0.6 is 0 Å². The lowest BCUT2D eigenvalue weighted by Crippen LogP contribution is -2.47. The molecule has 1 spiro atoms. The first kappa shape index (κ1) is 14.2. The maximum Gasteiger partial charge on any atom is 0.256 e. The maximum atomic E-state index is 12.6. The zero-order valence-electron chi connectivity index (χ0n) is 13.0. The van der Waals surface area contributed by atoms with E-state index >= 15 is 0 Å². The van der Waals surface area contributed by atoms with Crippen molar-refractivity contribution in [3.8, 4) is 0 Å². The predicted molar refractivity (Wildman–Crippen MR) is 83.6 cm³/mol. The third kappa shape index (κ3) is 2.25. The van der Waals surface area contributed by atoms with E-state index in [1.165, 1.54) is 0 Å². The highest BCUT2D eigenvalue weighted by Crippen LogP contribution is 2.44. The van der Waals surface area contributed by atoms with Gasteiger partial charge in [-0.15, -0.1) is 0 Å². The topological polar surface area (TPSA) is 38.3 Å². The standard InChI is InChI=1S/C18H23NO2/c1-12-8-10-18(11-9-12)16(21-3)15(17(20)19-18)14-7-5-4-6-13(14)2/h4-7,12H,8-11H2,1-3H3,(H,19,20). The molecule has 1 aromatic carbocycles. The number of methoxy groups -OCH3 is 1. The number of benzene rings is 1. The molecule has 1 aliphatic carbocycles. The number of rotatable bonds is 2. The van der Waals surface area contributed by atoms with Gasteiger partial charge in [0.1, 0.15) is 5.76 Å². The number of hydrogen-bond donors (Lipinski definition) is 1. The number of ether oxygens (including phenoxy) is 1. The largest absolute Gasteiger partial charge is 0.498 e. The fourth-order valence-electron chi connectivity index (χ4n) is 3.68. The summed E-state index contributed by atoms with van der Waals surface area (Å²) >= 11 is 0. The highest BCUT2D eigenvalue weighted by molar-refractivity contribution is 6.23. The number of nitrogens with one attached hydrogen (secondary N) is 1. The molecule has 1 fully saturated rings. The average Bonchev–Trinajstić information content (AvgIpc) is 2.75. The Morgan fingerprint density at radius 2 is 1.90 bits per heavy atom. The van der Waals surface area contributed by atoms with Crippen molar-refractivity contribution in [1.29, 1.82) is 0 Å². The quantitative estimate of drug-likeness (QED) is 0.904. The first-order chi connectivity index (χ1) is 10.1. The number of amides is 1. The fraction of sp³-hybridized carbons (Fsp3) is 0.500. The summed E-state index contributed by atoms with van der Waals surface area (Å²) in [5, 5.41) is 3.23. The zero-order valence-corrected chi connectivity index (χ0v) is 13.0. The van der Waals surface area contributed by atoms with Crippen molar-refractivity contribution in [2.24, 2.45) is 5.92 Å². The molecule has 0 atom stereocenters. The van der Waals surface area contributed by atoms with Crippen LogP contribution in [0.5, 0.6) is 0 Å². The van der Waals surface area contributed by atoms with E-state index in [0.717, 1.165) is 54.1 Å². The van der Waals surface area contributed by atoms with E-state index in [-0.39, 0.29) is 11.4 Å². The molecule has 3 rings (SSSR count). The molecule has 1 aromatic rings. The Morgan fingerprint density at radius 1 is 1.24 bits per heavy atom. The zero-order chi connectivity index (χ0) is 15.0. The van der Waals surface area contributed by atoms with E-state index in [9.17, 15) is 4.79 Å². The monoisotopic (exact) mass is 285 g/mol. The molecular weight excluding hydrogens is 262 g/mol. The van der Waals surface area contributed by atoms with Crippen molar-refractivity contribution in [1.82, 2.24) is 5.32 Å². The van der Waals surface area contributed by atoms with Crippen molar-refractivity contribution >= 4 is 11.5 Å². The molecule has 112 valence electrons. The lowest BCUT2D eigenvalue weighted by molar-refractivity contribution is -0.116. The van der Waals surface area contributed by atoms with Crippen LogP contribution in [0.25, 0.3) is 5.57 Å². The number of carbonyl (C=O) groups excluding carboxylic acids is 1. The Kier molecular flexibility index (Phi) is 3.52. The minimum absolute atomic E-state index is 0.00991. The van der Waals surface area contributed by atoms with Crippen molar-refractivity contribution in [2.45, 2.75) is 45.1 Å². The van der Waals surface area contributed by atoms with Gasteiger partial charge in [-0.2, -0.15) is 0 Å². The molecule has 0 radical (unpaired) electrons. The Labute approximate surface area is 126 Å². The molecule has 1 saturated carbocycles. The van der Waals surface area contributed by atoms with Crippen LogP contribution in [0.15, 0.2) is 30.0 Å². The first-order valence-corrected chi connectivity index (χ1v) is 7.74. The second kappa shape index (κ2) is 5.21. The Bertz CT molecular complexity index is 595. The van der Waals surface area contributed by atoms with E-state index in [4.69, 9.17) is 4.74 Å². The number of aryl methyl sites for hydroxylation is 1. The molecule has 1 N–H and O–H groups in total. The summed E-state index contributed by atoms with van der Waals surface area (Å²) in [5.41, 5.74) is 2.54. The minimum atomic E-state index is -0.282. The van der Waals surface area contributed by atoms with Gasteiger partial charge in [-0.3, -0.25) is 4.79 Å². The van der Waals surface area contributed by atoms with Crippen LogP contribution in [-0.2, 0) is 9.53 Å². The normalized spacial score (nSPS) is 28.9. The summed E-state index contributed by atoms with van der Waals surface area (Å²) in [5.74, 6) is 1.58. The minimum Gasteiger partial charge on any atom is -0.498 e. The van der Waals surface area contributed by atoms with Crippen LogP contribution in [0, 0.1) is 12.8 Å². The molecule has 0 aromatic heterocycles. The molecule has 0 bridgehead atoms. The van der Waals surface area contributed by atoms with Crippen molar-refractivity contribution in [3.63, 3.8) is 0 Å². The van der Waals surface area contributed by atoms with Gasteiger partial charge in [0.15, 0.2) is 0 Å². The lowest BCUT2D eigenvalue weighted by Gasteiger charge is -2.37. The Balaban J connectivity index is 2.09. The molecule has 0 saturated heterocycles.